The molecular formula is C18H26ClFN2O2. The molecule has 1 aromatic rings. The van der Waals surface area contributed by atoms with E-state index in [2.05, 4.69) is 16.8 Å². The Morgan fingerprint density at radius 2 is 2.12 bits per heavy atom. The van der Waals surface area contributed by atoms with E-state index in [1.54, 1.807) is 18.2 Å². The van der Waals surface area contributed by atoms with Gasteiger partial charge in [0.15, 0.2) is 0 Å². The zero-order chi connectivity index (χ0) is 18.2. The van der Waals surface area contributed by atoms with E-state index in [-0.39, 0.29) is 10.8 Å². The maximum Gasteiger partial charge on any atom is 0.407 e. The number of hydrogen-bond donors (Lipinski definition) is 1. The molecule has 1 amide bonds. The van der Waals surface area contributed by atoms with E-state index in [1.165, 1.54) is 6.07 Å². The number of carbonyl (C=O) groups excluding carboxylic acids is 1. The molecule has 0 aliphatic heterocycles. The number of hydrogen-bond acceptors (Lipinski definition) is 3. The standard InChI is InChI=1S/C18H26ClFN2O2/c1-5-11-22(13-10-21-17(23)24-18(2,3)4)12-9-14-7-6-8-15(19)16(14)20/h5-8H,1,9-13H2,2-4H3,(H,21,23). The fourth-order valence-corrected chi connectivity index (χ4v) is 2.32. The molecule has 1 rings (SSSR count). The first-order chi connectivity index (χ1) is 11.2. The zero-order valence-corrected chi connectivity index (χ0v) is 15.3. The van der Waals surface area contributed by atoms with Crippen LogP contribution in [-0.2, 0) is 11.2 Å². The van der Waals surface area contributed by atoms with Crippen LogP contribution in [0.3, 0.4) is 0 Å². The summed E-state index contributed by atoms with van der Waals surface area (Å²) < 4.78 is 19.1. The van der Waals surface area contributed by atoms with Crippen molar-refractivity contribution in [2.75, 3.05) is 26.2 Å². The van der Waals surface area contributed by atoms with E-state index >= 15 is 0 Å². The van der Waals surface area contributed by atoms with E-state index in [4.69, 9.17) is 16.3 Å². The molecule has 4 nitrogen and oxygen atoms in total. The van der Waals surface area contributed by atoms with Crippen molar-refractivity contribution < 1.29 is 13.9 Å². The predicted octanol–water partition coefficient (Wildman–Crippen LogP) is 4.03. The molecule has 0 radical (unpaired) electrons. The van der Waals surface area contributed by atoms with Gasteiger partial charge in [0.25, 0.3) is 0 Å². The second-order valence-electron chi connectivity index (χ2n) is 6.48. The predicted molar refractivity (Wildman–Crippen MR) is 96.0 cm³/mol. The normalized spacial score (nSPS) is 11.4. The molecule has 0 saturated heterocycles. The van der Waals surface area contributed by atoms with Crippen molar-refractivity contribution >= 4 is 17.7 Å². The topological polar surface area (TPSA) is 41.6 Å². The summed E-state index contributed by atoms with van der Waals surface area (Å²) in [4.78, 5) is 13.7. The van der Waals surface area contributed by atoms with E-state index in [1.807, 2.05) is 20.8 Å². The van der Waals surface area contributed by atoms with Crippen LogP contribution >= 0.6 is 11.6 Å². The average Bonchev–Trinajstić information content (AvgIpc) is 2.46. The number of nitrogens with one attached hydrogen (secondary N) is 1. The minimum atomic E-state index is -0.519. The Hall–Kier alpha value is -1.59. The Bertz CT molecular complexity index is 558. The van der Waals surface area contributed by atoms with Gasteiger partial charge in [0, 0.05) is 26.2 Å². The lowest BCUT2D eigenvalue weighted by atomic mass is 10.1. The minimum absolute atomic E-state index is 0.134. The highest BCUT2D eigenvalue weighted by Gasteiger charge is 2.16. The van der Waals surface area contributed by atoms with E-state index in [0.29, 0.717) is 38.2 Å². The molecule has 0 bridgehead atoms. The van der Waals surface area contributed by atoms with Crippen LogP contribution in [0.4, 0.5) is 9.18 Å². The van der Waals surface area contributed by atoms with Gasteiger partial charge < -0.3 is 10.1 Å². The summed E-state index contributed by atoms with van der Waals surface area (Å²) in [6, 6.07) is 5.00. The number of ether oxygens (including phenoxy) is 1. The molecule has 0 atom stereocenters. The summed E-state index contributed by atoms with van der Waals surface area (Å²) in [5.41, 5.74) is 0.0614. The molecule has 1 aromatic carbocycles. The van der Waals surface area contributed by atoms with Crippen molar-refractivity contribution in [3.8, 4) is 0 Å². The molecule has 24 heavy (non-hydrogen) atoms. The van der Waals surface area contributed by atoms with Crippen molar-refractivity contribution in [2.45, 2.75) is 32.8 Å². The van der Waals surface area contributed by atoms with Crippen LogP contribution in [0.15, 0.2) is 30.9 Å². The lowest BCUT2D eigenvalue weighted by molar-refractivity contribution is 0.0523. The van der Waals surface area contributed by atoms with Gasteiger partial charge in [-0.05, 0) is 38.8 Å². The molecule has 0 saturated carbocycles. The van der Waals surface area contributed by atoms with Crippen LogP contribution in [0.25, 0.3) is 0 Å². The lowest BCUT2D eigenvalue weighted by Crippen LogP contribution is -2.38. The fourth-order valence-electron chi connectivity index (χ4n) is 2.13. The van der Waals surface area contributed by atoms with Gasteiger partial charge in [-0.25, -0.2) is 9.18 Å². The Morgan fingerprint density at radius 1 is 1.42 bits per heavy atom. The first-order valence-electron chi connectivity index (χ1n) is 7.96. The van der Waals surface area contributed by atoms with Crippen LogP contribution in [0, 0.1) is 5.82 Å². The van der Waals surface area contributed by atoms with Crippen LogP contribution in [0.1, 0.15) is 26.3 Å². The van der Waals surface area contributed by atoms with Crippen molar-refractivity contribution in [1.82, 2.24) is 10.2 Å². The van der Waals surface area contributed by atoms with Crippen LogP contribution in [0.2, 0.25) is 5.02 Å². The van der Waals surface area contributed by atoms with Gasteiger partial charge in [-0.3, -0.25) is 4.90 Å². The van der Waals surface area contributed by atoms with Crippen LogP contribution in [-0.4, -0.2) is 42.8 Å². The molecule has 0 aliphatic carbocycles. The number of benzene rings is 1. The fraction of sp³-hybridized carbons (Fsp3) is 0.500. The van der Waals surface area contributed by atoms with Crippen molar-refractivity contribution in [2.24, 2.45) is 0 Å². The van der Waals surface area contributed by atoms with Gasteiger partial charge in [-0.15, -0.1) is 6.58 Å². The van der Waals surface area contributed by atoms with Crippen molar-refractivity contribution in [1.29, 1.82) is 0 Å². The number of alkyl carbamates (subject to hydrolysis) is 1. The molecule has 0 aliphatic rings. The van der Waals surface area contributed by atoms with Gasteiger partial charge in [0.1, 0.15) is 11.4 Å². The maximum atomic E-state index is 13.9. The van der Waals surface area contributed by atoms with Gasteiger partial charge in [-0.1, -0.05) is 29.8 Å². The monoisotopic (exact) mass is 356 g/mol. The van der Waals surface area contributed by atoms with E-state index < -0.39 is 11.7 Å². The van der Waals surface area contributed by atoms with Gasteiger partial charge in [0.05, 0.1) is 5.02 Å². The highest BCUT2D eigenvalue weighted by atomic mass is 35.5. The Kier molecular flexibility index (Phi) is 8.22. The summed E-state index contributed by atoms with van der Waals surface area (Å²) in [5, 5.41) is 2.85. The second kappa shape index (κ2) is 9.64. The number of carbonyl (C=O) groups is 1. The van der Waals surface area contributed by atoms with Crippen molar-refractivity contribution in [3.63, 3.8) is 0 Å². The number of rotatable bonds is 8. The third kappa shape index (κ3) is 7.79. The summed E-state index contributed by atoms with van der Waals surface area (Å²) in [6.45, 7) is 11.5. The molecule has 0 aromatic heterocycles. The number of halogens is 2. The number of nitrogens with zero attached hydrogens (tertiary/aromatic N) is 1. The van der Waals surface area contributed by atoms with Crippen LogP contribution in [0.5, 0.6) is 0 Å². The van der Waals surface area contributed by atoms with Crippen LogP contribution < -0.4 is 5.32 Å². The SMILES string of the molecule is C=CCN(CCNC(=O)OC(C)(C)C)CCc1cccc(Cl)c1F. The Morgan fingerprint density at radius 3 is 2.75 bits per heavy atom. The summed E-state index contributed by atoms with van der Waals surface area (Å²) in [5.74, 6) is -0.371. The molecule has 0 fully saturated rings. The summed E-state index contributed by atoms with van der Waals surface area (Å²) >= 11 is 5.80. The molecule has 1 N–H and O–H groups in total. The lowest BCUT2D eigenvalue weighted by Gasteiger charge is -2.23. The molecule has 0 unspecified atom stereocenters. The van der Waals surface area contributed by atoms with Gasteiger partial charge in [0.2, 0.25) is 0 Å². The Balaban J connectivity index is 2.45. The summed E-state index contributed by atoms with van der Waals surface area (Å²) in [7, 11) is 0. The third-order valence-corrected chi connectivity index (χ3v) is 3.50. The highest BCUT2D eigenvalue weighted by Crippen LogP contribution is 2.18. The quantitative estimate of drug-likeness (QED) is 0.715. The smallest absolute Gasteiger partial charge is 0.407 e. The largest absolute Gasteiger partial charge is 0.444 e. The number of amides is 1. The first-order valence-corrected chi connectivity index (χ1v) is 8.33. The highest BCUT2D eigenvalue weighted by molar-refractivity contribution is 6.30. The first kappa shape index (κ1) is 20.5. The summed E-state index contributed by atoms with van der Waals surface area (Å²) in [6.07, 6.45) is 1.87. The van der Waals surface area contributed by atoms with E-state index in [0.717, 1.165) is 0 Å². The Labute approximate surface area is 148 Å². The van der Waals surface area contributed by atoms with Gasteiger partial charge >= 0.3 is 6.09 Å². The molecule has 6 heteroatoms. The molecular weight excluding hydrogens is 331 g/mol. The van der Waals surface area contributed by atoms with E-state index in [9.17, 15) is 9.18 Å². The van der Waals surface area contributed by atoms with Gasteiger partial charge in [-0.2, -0.15) is 0 Å². The van der Waals surface area contributed by atoms with Crippen molar-refractivity contribution in [3.05, 3.63) is 47.3 Å². The minimum Gasteiger partial charge on any atom is -0.444 e. The average molecular weight is 357 g/mol. The third-order valence-electron chi connectivity index (χ3n) is 3.21. The molecule has 0 spiro atoms. The molecule has 134 valence electrons. The second-order valence-corrected chi connectivity index (χ2v) is 6.89. The zero-order valence-electron chi connectivity index (χ0n) is 14.6. The molecule has 0 heterocycles. The maximum absolute atomic E-state index is 13.9.